The first-order chi connectivity index (χ1) is 14.2. The van der Waals surface area contributed by atoms with E-state index in [0.29, 0.717) is 17.9 Å². The second kappa shape index (κ2) is 8.31. The van der Waals surface area contributed by atoms with E-state index in [2.05, 4.69) is 5.32 Å². The molecule has 0 saturated carbocycles. The van der Waals surface area contributed by atoms with E-state index in [1.54, 1.807) is 6.92 Å². The molecule has 2 aromatic carbocycles. The van der Waals surface area contributed by atoms with Crippen molar-refractivity contribution in [3.63, 3.8) is 0 Å². The number of carbonyl (C=O) groups excluding carboxylic acids is 1. The highest BCUT2D eigenvalue weighted by Gasteiger charge is 2.26. The Hall–Kier alpha value is -3.41. The van der Waals surface area contributed by atoms with Crippen molar-refractivity contribution in [3.8, 4) is 11.4 Å². The van der Waals surface area contributed by atoms with Crippen molar-refractivity contribution < 1.29 is 9.53 Å². The number of nitrogens with one attached hydrogen (secondary N) is 1. The summed E-state index contributed by atoms with van der Waals surface area (Å²) < 4.78 is 6.49. The number of aryl methyl sites for hydroxylation is 1. The average Bonchev–Trinajstić information content (AvgIpc) is 2.77. The summed E-state index contributed by atoms with van der Waals surface area (Å²) >= 11 is 0. The molecule has 0 aliphatic carbocycles. The number of carbonyl (C=O) groups is 1. The molecule has 1 atom stereocenters. The molecule has 6 nitrogen and oxygen atoms in total. The molecule has 2 heterocycles. The summed E-state index contributed by atoms with van der Waals surface area (Å²) in [4.78, 5) is 30.3. The molecular formula is C23H23N3O3. The van der Waals surface area contributed by atoms with Crippen LogP contribution in [0.3, 0.4) is 0 Å². The number of nitrogens with zero attached hydrogens (tertiary/aromatic N) is 2. The smallest absolute Gasteiger partial charge is 0.326 e. The van der Waals surface area contributed by atoms with Gasteiger partial charge in [0.05, 0.1) is 18.3 Å². The van der Waals surface area contributed by atoms with E-state index >= 15 is 0 Å². The van der Waals surface area contributed by atoms with Crippen LogP contribution in [0.2, 0.25) is 0 Å². The van der Waals surface area contributed by atoms with E-state index in [1.165, 1.54) is 4.57 Å². The Morgan fingerprint density at radius 2 is 1.83 bits per heavy atom. The lowest BCUT2D eigenvalue weighted by atomic mass is 9.96. The maximum absolute atomic E-state index is 13.4. The monoisotopic (exact) mass is 389 g/mol. The largest absolute Gasteiger partial charge is 0.465 e. The van der Waals surface area contributed by atoms with Crippen molar-refractivity contribution in [2.24, 2.45) is 0 Å². The molecule has 1 aliphatic heterocycles. The van der Waals surface area contributed by atoms with Crippen LogP contribution in [0.1, 0.15) is 30.6 Å². The maximum Gasteiger partial charge on any atom is 0.326 e. The van der Waals surface area contributed by atoms with Crippen LogP contribution >= 0.6 is 0 Å². The fourth-order valence-electron chi connectivity index (χ4n) is 3.68. The number of hydrogen-bond acceptors (Lipinski definition) is 5. The Morgan fingerprint density at radius 1 is 1.14 bits per heavy atom. The van der Waals surface area contributed by atoms with Crippen LogP contribution in [-0.4, -0.2) is 22.1 Å². The van der Waals surface area contributed by atoms with Crippen LogP contribution in [-0.2, 0) is 22.5 Å². The second-order valence-corrected chi connectivity index (χ2v) is 6.97. The van der Waals surface area contributed by atoms with Gasteiger partial charge >= 0.3 is 5.97 Å². The number of ether oxygens (including phenoxy) is 1. The normalized spacial score (nSPS) is 15.3. The Bertz CT molecular complexity index is 1060. The summed E-state index contributed by atoms with van der Waals surface area (Å²) in [7, 11) is 0. The molecule has 4 rings (SSSR count). The zero-order valence-corrected chi connectivity index (χ0v) is 16.3. The molecule has 1 aliphatic rings. The van der Waals surface area contributed by atoms with Gasteiger partial charge in [-0.1, -0.05) is 60.7 Å². The summed E-state index contributed by atoms with van der Waals surface area (Å²) in [6, 6.07) is 19.5. The quantitative estimate of drug-likeness (QED) is 0.676. The van der Waals surface area contributed by atoms with Gasteiger partial charge in [-0.3, -0.25) is 14.2 Å². The van der Waals surface area contributed by atoms with Crippen LogP contribution < -0.4 is 10.9 Å². The van der Waals surface area contributed by atoms with Crippen molar-refractivity contribution in [2.45, 2.75) is 32.4 Å². The van der Waals surface area contributed by atoms with E-state index in [1.807, 2.05) is 60.7 Å². The molecule has 1 aromatic heterocycles. The molecule has 0 saturated heterocycles. The van der Waals surface area contributed by atoms with Crippen LogP contribution in [0, 0.1) is 0 Å². The Labute approximate surface area is 169 Å². The number of rotatable bonds is 5. The lowest BCUT2D eigenvalue weighted by molar-refractivity contribution is -0.143. The number of fused-ring (bicyclic) bond motifs is 1. The van der Waals surface area contributed by atoms with E-state index in [4.69, 9.17) is 9.72 Å². The van der Waals surface area contributed by atoms with Gasteiger partial charge in [-0.15, -0.1) is 0 Å². The number of benzene rings is 2. The molecule has 29 heavy (non-hydrogen) atoms. The fourth-order valence-corrected chi connectivity index (χ4v) is 3.68. The highest BCUT2D eigenvalue weighted by atomic mass is 16.5. The second-order valence-electron chi connectivity index (χ2n) is 6.97. The summed E-state index contributed by atoms with van der Waals surface area (Å²) in [6.45, 7) is 1.84. The van der Waals surface area contributed by atoms with Crippen molar-refractivity contribution in [3.05, 3.63) is 82.3 Å². The van der Waals surface area contributed by atoms with Crippen LogP contribution in [0.4, 0.5) is 5.69 Å². The predicted octanol–water partition coefficient (Wildman–Crippen LogP) is 3.57. The maximum atomic E-state index is 13.4. The SMILES string of the molecule is CCOC(=O)Cn1c(-c2ccccc2)nc2c(c1=O)NC(c1ccccc1)CC2. The highest BCUT2D eigenvalue weighted by molar-refractivity contribution is 5.71. The third-order valence-electron chi connectivity index (χ3n) is 5.06. The lowest BCUT2D eigenvalue weighted by Crippen LogP contribution is -2.34. The summed E-state index contributed by atoms with van der Waals surface area (Å²) in [5, 5.41) is 3.36. The molecule has 0 amide bonds. The summed E-state index contributed by atoms with van der Waals surface area (Å²) in [6.07, 6.45) is 1.54. The fraction of sp³-hybridized carbons (Fsp3) is 0.261. The van der Waals surface area contributed by atoms with Gasteiger partial charge in [0.1, 0.15) is 18.1 Å². The Kier molecular flexibility index (Phi) is 5.42. The first-order valence-electron chi connectivity index (χ1n) is 9.83. The number of aromatic nitrogens is 2. The molecule has 148 valence electrons. The average molecular weight is 389 g/mol. The number of anilines is 1. The van der Waals surface area contributed by atoms with E-state index in [0.717, 1.165) is 23.2 Å². The van der Waals surface area contributed by atoms with Crippen molar-refractivity contribution in [2.75, 3.05) is 11.9 Å². The van der Waals surface area contributed by atoms with Gasteiger partial charge in [-0.05, 0) is 25.3 Å². The third-order valence-corrected chi connectivity index (χ3v) is 5.06. The minimum absolute atomic E-state index is 0.0387. The third kappa shape index (κ3) is 3.92. The minimum Gasteiger partial charge on any atom is -0.465 e. The standard InChI is InChI=1S/C23H23N3O3/c1-2-29-20(27)15-26-22(17-11-7-4-8-12-17)25-19-14-13-18(24-21(19)23(26)28)16-9-5-3-6-10-16/h3-12,18,24H,2,13-15H2,1H3. The minimum atomic E-state index is -0.455. The van der Waals surface area contributed by atoms with E-state index < -0.39 is 5.97 Å². The van der Waals surface area contributed by atoms with Gasteiger partial charge in [-0.2, -0.15) is 0 Å². The topological polar surface area (TPSA) is 73.2 Å². The predicted molar refractivity (Wildman–Crippen MR) is 112 cm³/mol. The van der Waals surface area contributed by atoms with Gasteiger partial charge < -0.3 is 10.1 Å². The van der Waals surface area contributed by atoms with Crippen LogP contribution in [0.5, 0.6) is 0 Å². The Morgan fingerprint density at radius 3 is 2.52 bits per heavy atom. The molecule has 1 N–H and O–H groups in total. The summed E-state index contributed by atoms with van der Waals surface area (Å²) in [5.74, 6) is 0.0336. The van der Waals surface area contributed by atoms with Gasteiger partial charge in [0.25, 0.3) is 5.56 Å². The first-order valence-corrected chi connectivity index (χ1v) is 9.83. The van der Waals surface area contributed by atoms with Gasteiger partial charge in [0.15, 0.2) is 0 Å². The zero-order chi connectivity index (χ0) is 20.2. The van der Waals surface area contributed by atoms with Crippen molar-refractivity contribution in [1.82, 2.24) is 9.55 Å². The molecule has 0 fully saturated rings. The molecule has 6 heteroatoms. The molecule has 0 bridgehead atoms. The summed E-state index contributed by atoms with van der Waals surface area (Å²) in [5.41, 5.74) is 2.88. The van der Waals surface area contributed by atoms with Crippen molar-refractivity contribution >= 4 is 11.7 Å². The number of esters is 1. The van der Waals surface area contributed by atoms with Crippen molar-refractivity contribution in [1.29, 1.82) is 0 Å². The number of hydrogen-bond donors (Lipinski definition) is 1. The molecule has 0 spiro atoms. The zero-order valence-electron chi connectivity index (χ0n) is 16.3. The molecular weight excluding hydrogens is 366 g/mol. The molecule has 3 aromatic rings. The van der Waals surface area contributed by atoms with Crippen LogP contribution in [0.15, 0.2) is 65.5 Å². The van der Waals surface area contributed by atoms with Gasteiger partial charge in [-0.25, -0.2) is 4.98 Å². The Balaban J connectivity index is 1.78. The first kappa shape index (κ1) is 18.9. The van der Waals surface area contributed by atoms with Gasteiger partial charge in [0, 0.05) is 5.56 Å². The van der Waals surface area contributed by atoms with Crippen LogP contribution in [0.25, 0.3) is 11.4 Å². The van der Waals surface area contributed by atoms with E-state index in [-0.39, 0.29) is 24.8 Å². The molecule has 0 radical (unpaired) electrons. The highest BCUT2D eigenvalue weighted by Crippen LogP contribution is 2.31. The van der Waals surface area contributed by atoms with E-state index in [9.17, 15) is 9.59 Å². The molecule has 1 unspecified atom stereocenters. The van der Waals surface area contributed by atoms with Gasteiger partial charge in [0.2, 0.25) is 0 Å². The lowest BCUT2D eigenvalue weighted by Gasteiger charge is -2.27.